The predicted molar refractivity (Wildman–Crippen MR) is 128 cm³/mol. The molecule has 2 N–H and O–H groups in total. The Kier molecular flexibility index (Phi) is 6.77. The van der Waals surface area contributed by atoms with Gasteiger partial charge < -0.3 is 19.7 Å². The number of fused-ring (bicyclic) bond motifs is 1. The summed E-state index contributed by atoms with van der Waals surface area (Å²) in [5.74, 6) is 3.39. The van der Waals surface area contributed by atoms with Gasteiger partial charge in [-0.15, -0.1) is 0 Å². The number of hydrogen-bond acceptors (Lipinski definition) is 5. The van der Waals surface area contributed by atoms with Crippen LogP contribution in [-0.4, -0.2) is 26.2 Å². The summed E-state index contributed by atoms with van der Waals surface area (Å²) in [6.07, 6.45) is 3.86. The highest BCUT2D eigenvalue weighted by Crippen LogP contribution is 2.36. The van der Waals surface area contributed by atoms with Crippen LogP contribution in [-0.2, 0) is 12.5 Å². The van der Waals surface area contributed by atoms with E-state index in [4.69, 9.17) is 21.4 Å². The number of halogens is 3. The van der Waals surface area contributed by atoms with E-state index in [1.807, 2.05) is 16.8 Å². The summed E-state index contributed by atoms with van der Waals surface area (Å²) in [5, 5.41) is 12.4. The zero-order chi connectivity index (χ0) is 24.1. The van der Waals surface area contributed by atoms with Crippen molar-refractivity contribution in [2.24, 2.45) is 0 Å². The molecule has 0 bridgehead atoms. The molecule has 4 aromatic rings. The predicted octanol–water partition coefficient (Wildman–Crippen LogP) is 5.89. The highest BCUT2D eigenvalue weighted by atomic mass is 35.5. The van der Waals surface area contributed by atoms with Crippen molar-refractivity contribution in [1.29, 1.82) is 0 Å². The van der Waals surface area contributed by atoms with Crippen molar-refractivity contribution in [1.82, 2.24) is 14.5 Å². The molecule has 4 rings (SSSR count). The van der Waals surface area contributed by atoms with Crippen molar-refractivity contribution >= 4 is 34.1 Å². The Morgan fingerprint density at radius 2 is 2.03 bits per heavy atom. The average molecular weight is 481 g/mol. The van der Waals surface area contributed by atoms with Gasteiger partial charge in [-0.1, -0.05) is 42.2 Å². The molecule has 2 aromatic carbocycles. The summed E-state index contributed by atoms with van der Waals surface area (Å²) in [4.78, 5) is 8.60. The number of aliphatic hydroxyl groups excluding tert-OH is 1. The SMILES string of the molecule is C=CC(F)(F)c1cccc(Oc2ccc(Nc3ncnc4ccn(CC#CCO)c34)cc2Cl)c1. The number of allylic oxidation sites excluding steroid dienone is 1. The lowest BCUT2D eigenvalue weighted by atomic mass is 10.1. The molecule has 0 saturated heterocycles. The number of hydrogen-bond donors (Lipinski definition) is 2. The van der Waals surface area contributed by atoms with E-state index in [2.05, 4.69) is 33.7 Å². The van der Waals surface area contributed by atoms with Crippen LogP contribution in [0.4, 0.5) is 20.3 Å². The van der Waals surface area contributed by atoms with Crippen LogP contribution < -0.4 is 10.1 Å². The highest BCUT2D eigenvalue weighted by molar-refractivity contribution is 6.32. The Balaban J connectivity index is 1.57. The van der Waals surface area contributed by atoms with Crippen LogP contribution in [0, 0.1) is 11.8 Å². The molecular weight excluding hydrogens is 462 g/mol. The number of anilines is 2. The van der Waals surface area contributed by atoms with Gasteiger partial charge in [-0.05, 0) is 42.5 Å². The molecule has 34 heavy (non-hydrogen) atoms. The molecule has 0 spiro atoms. The molecule has 0 atom stereocenters. The Morgan fingerprint density at radius 3 is 2.79 bits per heavy atom. The quantitative estimate of drug-likeness (QED) is 0.255. The van der Waals surface area contributed by atoms with Crippen molar-refractivity contribution in [3.05, 3.63) is 84.3 Å². The normalized spacial score (nSPS) is 11.1. The zero-order valence-electron chi connectivity index (χ0n) is 17.8. The number of aromatic nitrogens is 3. The first kappa shape index (κ1) is 23.2. The van der Waals surface area contributed by atoms with Crippen LogP contribution in [0.1, 0.15) is 5.56 Å². The number of ether oxygens (including phenoxy) is 1. The summed E-state index contributed by atoms with van der Waals surface area (Å²) in [7, 11) is 0. The Hall–Kier alpha value is -3.93. The molecule has 0 radical (unpaired) electrons. The monoisotopic (exact) mass is 480 g/mol. The van der Waals surface area contributed by atoms with Crippen LogP contribution in [0.3, 0.4) is 0 Å². The molecule has 0 aliphatic heterocycles. The second kappa shape index (κ2) is 9.91. The van der Waals surface area contributed by atoms with Gasteiger partial charge in [0.15, 0.2) is 5.82 Å². The van der Waals surface area contributed by atoms with E-state index in [1.165, 1.54) is 24.5 Å². The fourth-order valence-electron chi connectivity index (χ4n) is 3.26. The van der Waals surface area contributed by atoms with E-state index < -0.39 is 5.92 Å². The summed E-state index contributed by atoms with van der Waals surface area (Å²) in [6, 6.07) is 12.4. The van der Waals surface area contributed by atoms with Crippen molar-refractivity contribution in [2.75, 3.05) is 11.9 Å². The van der Waals surface area contributed by atoms with Crippen molar-refractivity contribution in [3.8, 4) is 23.3 Å². The molecule has 2 heterocycles. The van der Waals surface area contributed by atoms with Crippen molar-refractivity contribution < 1.29 is 18.6 Å². The average Bonchev–Trinajstić information content (AvgIpc) is 3.25. The van der Waals surface area contributed by atoms with E-state index in [0.717, 1.165) is 11.0 Å². The van der Waals surface area contributed by atoms with Crippen LogP contribution in [0.25, 0.3) is 11.0 Å². The van der Waals surface area contributed by atoms with Gasteiger partial charge in [0, 0.05) is 17.4 Å². The third-order valence-electron chi connectivity index (χ3n) is 4.90. The van der Waals surface area contributed by atoms with E-state index >= 15 is 0 Å². The lowest BCUT2D eigenvalue weighted by molar-refractivity contribution is 0.0523. The second-order valence-corrected chi connectivity index (χ2v) is 7.55. The van der Waals surface area contributed by atoms with E-state index in [9.17, 15) is 8.78 Å². The van der Waals surface area contributed by atoms with Gasteiger partial charge in [-0.3, -0.25) is 0 Å². The molecule has 0 fully saturated rings. The number of alkyl halides is 2. The number of benzene rings is 2. The van der Waals surface area contributed by atoms with E-state index in [-0.39, 0.29) is 22.9 Å². The molecule has 6 nitrogen and oxygen atoms in total. The lowest BCUT2D eigenvalue weighted by Crippen LogP contribution is -2.08. The van der Waals surface area contributed by atoms with Gasteiger partial charge in [0.2, 0.25) is 0 Å². The summed E-state index contributed by atoms with van der Waals surface area (Å²) < 4.78 is 35.4. The minimum Gasteiger partial charge on any atom is -0.456 e. The van der Waals surface area contributed by atoms with E-state index in [1.54, 1.807) is 24.3 Å². The molecule has 0 aliphatic carbocycles. The number of aliphatic hydroxyl groups is 1. The lowest BCUT2D eigenvalue weighted by Gasteiger charge is -2.14. The first-order valence-electron chi connectivity index (χ1n) is 10.1. The molecule has 9 heteroatoms. The minimum absolute atomic E-state index is 0.214. The molecular formula is C25H19ClF2N4O2. The Morgan fingerprint density at radius 1 is 1.18 bits per heavy atom. The van der Waals surface area contributed by atoms with Crippen molar-refractivity contribution in [2.45, 2.75) is 12.5 Å². The zero-order valence-corrected chi connectivity index (χ0v) is 18.6. The smallest absolute Gasteiger partial charge is 0.291 e. The van der Waals surface area contributed by atoms with Crippen LogP contribution >= 0.6 is 11.6 Å². The molecule has 0 amide bonds. The fourth-order valence-corrected chi connectivity index (χ4v) is 3.48. The maximum Gasteiger partial charge on any atom is 0.291 e. The van der Waals surface area contributed by atoms with Gasteiger partial charge in [0.25, 0.3) is 5.92 Å². The van der Waals surface area contributed by atoms with Gasteiger partial charge in [0.05, 0.1) is 17.1 Å². The molecule has 0 unspecified atom stereocenters. The Bertz CT molecular complexity index is 1410. The van der Waals surface area contributed by atoms with Gasteiger partial charge in [-0.2, -0.15) is 8.78 Å². The number of nitrogens with zero attached hydrogens (tertiary/aromatic N) is 3. The van der Waals surface area contributed by atoms with Crippen LogP contribution in [0.2, 0.25) is 5.02 Å². The topological polar surface area (TPSA) is 72.2 Å². The molecule has 0 aliphatic rings. The van der Waals surface area contributed by atoms with E-state index in [0.29, 0.717) is 29.9 Å². The Labute approximate surface area is 199 Å². The third-order valence-corrected chi connectivity index (χ3v) is 5.20. The summed E-state index contributed by atoms with van der Waals surface area (Å²) >= 11 is 6.41. The molecule has 2 aromatic heterocycles. The first-order valence-corrected chi connectivity index (χ1v) is 10.5. The largest absolute Gasteiger partial charge is 0.456 e. The standard InChI is InChI=1S/C25H19ClF2N4O2/c1-2-25(27,28)17-6-5-7-19(14-17)34-22-9-8-18(15-20(22)26)31-24-23-21(29-16-30-24)10-12-32(23)11-3-4-13-33/h2,5-10,12,14-16,33H,1,11,13H2,(H,29,30,31). The summed E-state index contributed by atoms with van der Waals surface area (Å²) in [6.45, 7) is 3.33. The third kappa shape index (κ3) is 5.01. The second-order valence-electron chi connectivity index (χ2n) is 7.14. The first-order chi connectivity index (χ1) is 16.4. The van der Waals surface area contributed by atoms with Crippen LogP contribution in [0.5, 0.6) is 11.5 Å². The van der Waals surface area contributed by atoms with Gasteiger partial charge >= 0.3 is 0 Å². The number of nitrogens with one attached hydrogen (secondary N) is 1. The number of rotatable bonds is 7. The van der Waals surface area contributed by atoms with Crippen LogP contribution in [0.15, 0.2) is 73.7 Å². The van der Waals surface area contributed by atoms with Crippen molar-refractivity contribution in [3.63, 3.8) is 0 Å². The molecule has 172 valence electrons. The van der Waals surface area contributed by atoms with Gasteiger partial charge in [0.1, 0.15) is 29.9 Å². The highest BCUT2D eigenvalue weighted by Gasteiger charge is 2.27. The minimum atomic E-state index is -3.17. The maximum absolute atomic E-state index is 13.9. The fraction of sp³-hybridized carbons (Fsp3) is 0.120. The molecule has 0 saturated carbocycles. The summed E-state index contributed by atoms with van der Waals surface area (Å²) in [5.41, 5.74) is 1.88. The maximum atomic E-state index is 13.9. The van der Waals surface area contributed by atoms with Gasteiger partial charge in [-0.25, -0.2) is 9.97 Å².